The molecule has 0 aromatic heterocycles. The highest BCUT2D eigenvalue weighted by Gasteiger charge is 2.29. The number of hydrogen-bond donors (Lipinski definition) is 2. The summed E-state index contributed by atoms with van der Waals surface area (Å²) in [6.45, 7) is 2.07. The fourth-order valence-electron chi connectivity index (χ4n) is 2.58. The van der Waals surface area contributed by atoms with Crippen LogP contribution in [0.1, 0.15) is 25.3 Å². The standard InChI is InChI=1S/C16H22N4O4S/c1-12(21)18-15-7-5-13(6-8-15)10-17-19-16(22)14-4-3-9-20(11-14)25(2,23)24/h5-8,10,14H,3-4,9,11H2,1-2H3,(H,18,21)(H,19,22). The Morgan fingerprint density at radius 3 is 2.56 bits per heavy atom. The minimum absolute atomic E-state index is 0.149. The molecule has 9 heteroatoms. The number of carbonyl (C=O) groups excluding carboxylic acids is 2. The van der Waals surface area contributed by atoms with Gasteiger partial charge < -0.3 is 5.32 Å². The molecular weight excluding hydrogens is 344 g/mol. The molecule has 0 saturated carbocycles. The Bertz CT molecular complexity index is 759. The smallest absolute Gasteiger partial charge is 0.244 e. The predicted molar refractivity (Wildman–Crippen MR) is 95.6 cm³/mol. The highest BCUT2D eigenvalue weighted by atomic mass is 32.2. The molecule has 2 rings (SSSR count). The second-order valence-corrected chi connectivity index (χ2v) is 7.98. The van der Waals surface area contributed by atoms with Crippen molar-refractivity contribution in [3.05, 3.63) is 29.8 Å². The molecule has 1 aliphatic heterocycles. The Balaban J connectivity index is 1.88. The summed E-state index contributed by atoms with van der Waals surface area (Å²) in [6.07, 6.45) is 3.93. The van der Waals surface area contributed by atoms with Crippen LogP contribution < -0.4 is 10.7 Å². The van der Waals surface area contributed by atoms with Crippen molar-refractivity contribution in [1.29, 1.82) is 0 Å². The molecule has 1 aromatic rings. The van der Waals surface area contributed by atoms with E-state index >= 15 is 0 Å². The van der Waals surface area contributed by atoms with Crippen molar-refractivity contribution in [3.63, 3.8) is 0 Å². The van der Waals surface area contributed by atoms with E-state index in [1.54, 1.807) is 24.3 Å². The first-order valence-electron chi connectivity index (χ1n) is 7.91. The maximum atomic E-state index is 12.1. The molecule has 1 fully saturated rings. The predicted octanol–water partition coefficient (Wildman–Crippen LogP) is 0.767. The summed E-state index contributed by atoms with van der Waals surface area (Å²) in [7, 11) is -3.28. The Labute approximate surface area is 147 Å². The summed E-state index contributed by atoms with van der Waals surface area (Å²) < 4.78 is 24.5. The lowest BCUT2D eigenvalue weighted by atomic mass is 9.99. The molecule has 1 heterocycles. The SMILES string of the molecule is CC(=O)Nc1ccc(C=NNC(=O)C2CCCN(S(C)(=O)=O)C2)cc1. The summed E-state index contributed by atoms with van der Waals surface area (Å²) in [4.78, 5) is 23.1. The molecule has 1 aromatic carbocycles. The normalized spacial score (nSPS) is 18.9. The van der Waals surface area contributed by atoms with Crippen LogP contribution in [0.5, 0.6) is 0 Å². The summed E-state index contributed by atoms with van der Waals surface area (Å²) in [5.74, 6) is -0.841. The summed E-state index contributed by atoms with van der Waals surface area (Å²) in [5.41, 5.74) is 3.90. The van der Waals surface area contributed by atoms with E-state index in [4.69, 9.17) is 0 Å². The minimum atomic E-state index is -3.28. The van der Waals surface area contributed by atoms with Crippen LogP contribution in [-0.4, -0.2) is 50.1 Å². The molecule has 2 amide bonds. The highest BCUT2D eigenvalue weighted by molar-refractivity contribution is 7.88. The van der Waals surface area contributed by atoms with Crippen molar-refractivity contribution >= 4 is 33.7 Å². The number of hydrazone groups is 1. The summed E-state index contributed by atoms with van der Waals surface area (Å²) >= 11 is 0. The van der Waals surface area contributed by atoms with Crippen LogP contribution in [-0.2, 0) is 19.6 Å². The van der Waals surface area contributed by atoms with Crippen LogP contribution in [0.4, 0.5) is 5.69 Å². The van der Waals surface area contributed by atoms with E-state index in [0.717, 1.165) is 11.8 Å². The first-order valence-corrected chi connectivity index (χ1v) is 9.76. The zero-order chi connectivity index (χ0) is 18.4. The molecule has 2 N–H and O–H groups in total. The van der Waals surface area contributed by atoms with Crippen molar-refractivity contribution in [1.82, 2.24) is 9.73 Å². The number of carbonyl (C=O) groups is 2. The van der Waals surface area contributed by atoms with E-state index in [1.165, 1.54) is 17.4 Å². The van der Waals surface area contributed by atoms with E-state index in [-0.39, 0.29) is 18.4 Å². The second-order valence-electron chi connectivity index (χ2n) is 6.00. The van der Waals surface area contributed by atoms with Gasteiger partial charge in [0.05, 0.1) is 18.4 Å². The van der Waals surface area contributed by atoms with Gasteiger partial charge in [-0.05, 0) is 30.5 Å². The fraction of sp³-hybridized carbons (Fsp3) is 0.438. The van der Waals surface area contributed by atoms with Crippen molar-refractivity contribution in [2.75, 3.05) is 24.7 Å². The van der Waals surface area contributed by atoms with E-state index in [1.807, 2.05) is 0 Å². The number of nitrogens with one attached hydrogen (secondary N) is 2. The van der Waals surface area contributed by atoms with Crippen LogP contribution in [0.3, 0.4) is 0 Å². The molecule has 1 aliphatic rings. The summed E-state index contributed by atoms with van der Waals surface area (Å²) in [5, 5.41) is 6.57. The van der Waals surface area contributed by atoms with Gasteiger partial charge in [-0.1, -0.05) is 12.1 Å². The van der Waals surface area contributed by atoms with Crippen LogP contribution >= 0.6 is 0 Å². The van der Waals surface area contributed by atoms with Gasteiger partial charge in [0, 0.05) is 25.7 Å². The molecule has 136 valence electrons. The summed E-state index contributed by atoms with van der Waals surface area (Å²) in [6, 6.07) is 6.98. The Morgan fingerprint density at radius 1 is 1.28 bits per heavy atom. The van der Waals surface area contributed by atoms with Crippen molar-refractivity contribution in [2.45, 2.75) is 19.8 Å². The number of nitrogens with zero attached hydrogens (tertiary/aromatic N) is 2. The number of anilines is 1. The van der Waals surface area contributed by atoms with Gasteiger partial charge in [0.1, 0.15) is 0 Å². The van der Waals surface area contributed by atoms with Gasteiger partial charge in [-0.15, -0.1) is 0 Å². The third-order valence-corrected chi connectivity index (χ3v) is 5.11. The minimum Gasteiger partial charge on any atom is -0.326 e. The molecule has 1 saturated heterocycles. The van der Waals surface area contributed by atoms with Crippen LogP contribution in [0.25, 0.3) is 0 Å². The topological polar surface area (TPSA) is 108 Å². The molecular formula is C16H22N4O4S. The third-order valence-electron chi connectivity index (χ3n) is 3.84. The van der Waals surface area contributed by atoms with Crippen molar-refractivity contribution in [3.8, 4) is 0 Å². The number of benzene rings is 1. The molecule has 8 nitrogen and oxygen atoms in total. The lowest BCUT2D eigenvalue weighted by Gasteiger charge is -2.29. The number of amides is 2. The van der Waals surface area contributed by atoms with E-state index in [0.29, 0.717) is 25.1 Å². The average Bonchev–Trinajstić information content (AvgIpc) is 2.55. The van der Waals surface area contributed by atoms with E-state index in [2.05, 4.69) is 15.8 Å². The maximum Gasteiger partial charge on any atom is 0.244 e. The third kappa shape index (κ3) is 5.95. The highest BCUT2D eigenvalue weighted by Crippen LogP contribution is 2.18. The molecule has 0 bridgehead atoms. The number of hydrogen-bond acceptors (Lipinski definition) is 5. The molecule has 0 spiro atoms. The lowest BCUT2D eigenvalue weighted by molar-refractivity contribution is -0.126. The van der Waals surface area contributed by atoms with E-state index < -0.39 is 15.9 Å². The Kier molecular flexibility index (Phi) is 6.27. The zero-order valence-electron chi connectivity index (χ0n) is 14.2. The molecule has 1 unspecified atom stereocenters. The quantitative estimate of drug-likeness (QED) is 0.592. The molecule has 25 heavy (non-hydrogen) atoms. The van der Waals surface area contributed by atoms with Crippen LogP contribution in [0, 0.1) is 5.92 Å². The van der Waals surface area contributed by atoms with Gasteiger partial charge in [-0.2, -0.15) is 5.10 Å². The monoisotopic (exact) mass is 366 g/mol. The number of rotatable bonds is 5. The van der Waals surface area contributed by atoms with Crippen LogP contribution in [0.2, 0.25) is 0 Å². The van der Waals surface area contributed by atoms with Crippen molar-refractivity contribution < 1.29 is 18.0 Å². The molecule has 0 radical (unpaired) electrons. The van der Waals surface area contributed by atoms with E-state index in [9.17, 15) is 18.0 Å². The van der Waals surface area contributed by atoms with Gasteiger partial charge in [-0.25, -0.2) is 18.1 Å². The lowest BCUT2D eigenvalue weighted by Crippen LogP contribution is -2.44. The van der Waals surface area contributed by atoms with Gasteiger partial charge in [0.25, 0.3) is 0 Å². The molecule has 0 aliphatic carbocycles. The Hall–Kier alpha value is -2.26. The van der Waals surface area contributed by atoms with Crippen molar-refractivity contribution in [2.24, 2.45) is 11.0 Å². The first kappa shape index (κ1) is 19.1. The largest absolute Gasteiger partial charge is 0.326 e. The average molecular weight is 366 g/mol. The first-order chi connectivity index (χ1) is 11.8. The van der Waals surface area contributed by atoms with Crippen LogP contribution in [0.15, 0.2) is 29.4 Å². The van der Waals surface area contributed by atoms with Gasteiger partial charge in [-0.3, -0.25) is 9.59 Å². The fourth-order valence-corrected chi connectivity index (χ4v) is 3.49. The zero-order valence-corrected chi connectivity index (χ0v) is 15.0. The second kappa shape index (κ2) is 8.21. The Morgan fingerprint density at radius 2 is 1.96 bits per heavy atom. The van der Waals surface area contributed by atoms with Gasteiger partial charge in [0.2, 0.25) is 21.8 Å². The van der Waals surface area contributed by atoms with Gasteiger partial charge in [0.15, 0.2) is 0 Å². The molecule has 1 atom stereocenters. The maximum absolute atomic E-state index is 12.1. The van der Waals surface area contributed by atoms with Gasteiger partial charge >= 0.3 is 0 Å². The number of piperidine rings is 1. The number of sulfonamides is 1.